The van der Waals surface area contributed by atoms with Crippen LogP contribution in [0.2, 0.25) is 0 Å². The van der Waals surface area contributed by atoms with E-state index >= 15 is 0 Å². The summed E-state index contributed by atoms with van der Waals surface area (Å²) in [6.45, 7) is 5.63. The fourth-order valence-corrected chi connectivity index (χ4v) is 7.95. The van der Waals surface area contributed by atoms with E-state index in [2.05, 4.69) is 15.5 Å². The highest BCUT2D eigenvalue weighted by atomic mass is 16.3. The molecule has 3 N–H and O–H groups in total. The molecule has 1 aromatic carbocycles. The van der Waals surface area contributed by atoms with Crippen molar-refractivity contribution in [3.05, 3.63) is 29.8 Å². The summed E-state index contributed by atoms with van der Waals surface area (Å²) in [7, 11) is 0. The Morgan fingerprint density at radius 3 is 2.21 bits per heavy atom. The molecule has 43 heavy (non-hydrogen) atoms. The molecule has 0 unspecified atom stereocenters. The van der Waals surface area contributed by atoms with Crippen LogP contribution in [0.5, 0.6) is 0 Å². The number of nitrogens with one attached hydrogen (secondary N) is 2. The van der Waals surface area contributed by atoms with Crippen molar-refractivity contribution in [3.63, 3.8) is 0 Å². The van der Waals surface area contributed by atoms with Gasteiger partial charge in [-0.15, -0.1) is 0 Å². The van der Waals surface area contributed by atoms with Gasteiger partial charge in [0.1, 0.15) is 0 Å². The lowest BCUT2D eigenvalue weighted by molar-refractivity contribution is -0.141. The lowest BCUT2D eigenvalue weighted by Crippen LogP contribution is -2.56. The molecule has 0 spiro atoms. The minimum atomic E-state index is -0.540. The number of nitrogens with zero attached hydrogens (tertiary/aromatic N) is 4. The van der Waals surface area contributed by atoms with E-state index in [1.807, 2.05) is 39.0 Å². The molecule has 4 amide bonds. The number of hydrogen-bond donors (Lipinski definition) is 3. The number of carbonyl (C=O) groups is 3. The molecule has 3 saturated heterocycles. The molecule has 1 aromatic rings. The molecule has 1 saturated carbocycles. The third-order valence-electron chi connectivity index (χ3n) is 10.6. The van der Waals surface area contributed by atoms with Crippen LogP contribution in [0.1, 0.15) is 82.6 Å². The smallest absolute Gasteiger partial charge is 0.322 e. The van der Waals surface area contributed by atoms with Crippen LogP contribution < -0.4 is 10.6 Å². The second-order valence-corrected chi connectivity index (χ2v) is 13.4. The Balaban J connectivity index is 1.04. The highest BCUT2D eigenvalue weighted by Gasteiger charge is 2.37. The van der Waals surface area contributed by atoms with E-state index in [1.54, 1.807) is 0 Å². The summed E-state index contributed by atoms with van der Waals surface area (Å²) in [5.41, 5.74) is 1.99. The zero-order valence-electron chi connectivity index (χ0n) is 25.6. The van der Waals surface area contributed by atoms with Crippen molar-refractivity contribution in [3.8, 4) is 0 Å². The van der Waals surface area contributed by atoms with Crippen LogP contribution in [0.3, 0.4) is 0 Å². The number of para-hydroxylation sites is 1. The number of piperidine rings is 3. The quantitative estimate of drug-likeness (QED) is 0.448. The Morgan fingerprint density at radius 2 is 1.49 bits per heavy atom. The van der Waals surface area contributed by atoms with E-state index in [1.165, 1.54) is 32.4 Å². The van der Waals surface area contributed by atoms with Crippen molar-refractivity contribution >= 4 is 23.5 Å². The zero-order valence-corrected chi connectivity index (χ0v) is 25.6. The number of anilines is 1. The van der Waals surface area contributed by atoms with Gasteiger partial charge in [0.25, 0.3) is 0 Å². The summed E-state index contributed by atoms with van der Waals surface area (Å²) < 4.78 is 0. The number of aliphatic hydroxyl groups is 1. The maximum Gasteiger partial charge on any atom is 0.322 e. The van der Waals surface area contributed by atoms with Crippen molar-refractivity contribution in [2.75, 3.05) is 44.6 Å². The number of amides is 4. The molecule has 0 bridgehead atoms. The monoisotopic (exact) mass is 594 g/mol. The minimum absolute atomic E-state index is 0.0109. The average Bonchev–Trinajstić information content (AvgIpc) is 3.05. The lowest BCUT2D eigenvalue weighted by atomic mass is 9.92. The van der Waals surface area contributed by atoms with Crippen LogP contribution in [0, 0.1) is 0 Å². The predicted octanol–water partition coefficient (Wildman–Crippen LogP) is 3.15. The highest BCUT2D eigenvalue weighted by Crippen LogP contribution is 2.28. The number of likely N-dealkylation sites (tertiary alicyclic amines) is 3. The van der Waals surface area contributed by atoms with Crippen LogP contribution in [0.15, 0.2) is 24.3 Å². The summed E-state index contributed by atoms with van der Waals surface area (Å²) in [4.78, 5) is 48.8. The molecule has 6 rings (SSSR count). The zero-order chi connectivity index (χ0) is 29.8. The number of rotatable bonds is 7. The molecule has 4 fully saturated rings. The predicted molar refractivity (Wildman–Crippen MR) is 165 cm³/mol. The number of carbonyl (C=O) groups excluding carboxylic acids is 3. The molecule has 1 atom stereocenters. The van der Waals surface area contributed by atoms with Gasteiger partial charge in [0.2, 0.25) is 11.8 Å². The molecule has 4 aliphatic heterocycles. The Hall–Kier alpha value is -2.69. The van der Waals surface area contributed by atoms with Crippen molar-refractivity contribution in [2.24, 2.45) is 0 Å². The topological polar surface area (TPSA) is 108 Å². The number of fused-ring (bicyclic) bond motifs is 1. The van der Waals surface area contributed by atoms with E-state index < -0.39 is 6.04 Å². The summed E-state index contributed by atoms with van der Waals surface area (Å²) in [6.07, 6.45) is 10.4. The standard InChI is InChI=1S/C33H50N6O4/c40-28-10-8-25(9-11-28)34-30(32(42)38-20-12-26(13-21-38)36-16-4-1-5-17-36)22-31(41)37-18-14-27(15-19-37)39-23-24-6-2-3-7-29(24)35-33(39)43/h2-3,6-7,25-28,30,34,40H,1,4-5,8-23H2,(H,35,43)/t25?,28?,30-/m0/s1. The van der Waals surface area contributed by atoms with Gasteiger partial charge in [-0.25, -0.2) is 4.79 Å². The summed E-state index contributed by atoms with van der Waals surface area (Å²) >= 11 is 0. The van der Waals surface area contributed by atoms with Crippen LogP contribution in [-0.4, -0.2) is 112 Å². The number of benzene rings is 1. The Kier molecular flexibility index (Phi) is 9.84. The lowest BCUT2D eigenvalue weighted by Gasteiger charge is -2.42. The Labute approximate surface area is 256 Å². The normalized spacial score (nSPS) is 27.0. The summed E-state index contributed by atoms with van der Waals surface area (Å²) in [6, 6.07) is 8.09. The van der Waals surface area contributed by atoms with Gasteiger partial charge >= 0.3 is 6.03 Å². The van der Waals surface area contributed by atoms with Gasteiger partial charge in [-0.2, -0.15) is 0 Å². The Bertz CT molecular complexity index is 1120. The van der Waals surface area contributed by atoms with Gasteiger partial charge in [0.15, 0.2) is 0 Å². The highest BCUT2D eigenvalue weighted by molar-refractivity contribution is 5.92. The van der Waals surface area contributed by atoms with E-state index in [0.717, 1.165) is 75.7 Å². The van der Waals surface area contributed by atoms with E-state index in [0.29, 0.717) is 25.7 Å². The van der Waals surface area contributed by atoms with Crippen LogP contribution in [-0.2, 0) is 16.1 Å². The first-order chi connectivity index (χ1) is 20.9. The molecule has 236 valence electrons. The largest absolute Gasteiger partial charge is 0.393 e. The van der Waals surface area contributed by atoms with Crippen LogP contribution in [0.4, 0.5) is 10.5 Å². The first-order valence-electron chi connectivity index (χ1n) is 16.8. The van der Waals surface area contributed by atoms with Gasteiger partial charge in [0.05, 0.1) is 18.6 Å². The van der Waals surface area contributed by atoms with Crippen molar-refractivity contribution in [2.45, 2.75) is 114 Å². The number of hydrogen-bond acceptors (Lipinski definition) is 6. The molecular formula is C33H50N6O4. The van der Waals surface area contributed by atoms with Gasteiger partial charge in [0, 0.05) is 56.5 Å². The molecule has 0 radical (unpaired) electrons. The molecule has 1 aliphatic carbocycles. The van der Waals surface area contributed by atoms with Crippen LogP contribution in [0.25, 0.3) is 0 Å². The van der Waals surface area contributed by atoms with Gasteiger partial charge in [-0.1, -0.05) is 24.6 Å². The molecule has 10 nitrogen and oxygen atoms in total. The van der Waals surface area contributed by atoms with Crippen molar-refractivity contribution < 1.29 is 19.5 Å². The van der Waals surface area contributed by atoms with E-state index in [9.17, 15) is 19.5 Å². The summed E-state index contributed by atoms with van der Waals surface area (Å²) in [5, 5.41) is 16.6. The molecule has 4 heterocycles. The van der Waals surface area contributed by atoms with Gasteiger partial charge in [-0.3, -0.25) is 9.59 Å². The summed E-state index contributed by atoms with van der Waals surface area (Å²) in [5.74, 6) is 0.0619. The fourth-order valence-electron chi connectivity index (χ4n) is 7.95. The third kappa shape index (κ3) is 7.35. The minimum Gasteiger partial charge on any atom is -0.393 e. The van der Waals surface area contributed by atoms with Gasteiger partial charge in [-0.05, 0) is 88.9 Å². The second kappa shape index (κ2) is 13.9. The van der Waals surface area contributed by atoms with Crippen molar-refractivity contribution in [1.82, 2.24) is 24.9 Å². The fraction of sp³-hybridized carbons (Fsp3) is 0.727. The number of urea groups is 1. The first-order valence-corrected chi connectivity index (χ1v) is 16.8. The number of aliphatic hydroxyl groups excluding tert-OH is 1. The first kappa shape index (κ1) is 30.3. The average molecular weight is 595 g/mol. The van der Waals surface area contributed by atoms with E-state index in [4.69, 9.17) is 0 Å². The SMILES string of the molecule is O=C(C[C@H](NC1CCC(O)CC1)C(=O)N1CCC(N2CCCCC2)CC1)N1CCC(N2Cc3ccccc3NC2=O)CC1. The third-order valence-corrected chi connectivity index (χ3v) is 10.6. The molecule has 10 heteroatoms. The maximum absolute atomic E-state index is 13.9. The van der Waals surface area contributed by atoms with Crippen molar-refractivity contribution in [1.29, 1.82) is 0 Å². The molecular weight excluding hydrogens is 544 g/mol. The van der Waals surface area contributed by atoms with Crippen LogP contribution >= 0.6 is 0 Å². The molecule has 0 aromatic heterocycles. The molecule has 5 aliphatic rings. The maximum atomic E-state index is 13.9. The Morgan fingerprint density at radius 1 is 0.837 bits per heavy atom. The second-order valence-electron chi connectivity index (χ2n) is 13.4. The van der Waals surface area contributed by atoms with E-state index in [-0.39, 0.29) is 42.5 Å². The van der Waals surface area contributed by atoms with Gasteiger partial charge < -0.3 is 35.3 Å².